The summed E-state index contributed by atoms with van der Waals surface area (Å²) >= 11 is 0. The van der Waals surface area contributed by atoms with E-state index < -0.39 is 5.97 Å². The van der Waals surface area contributed by atoms with E-state index in [0.29, 0.717) is 42.3 Å². The van der Waals surface area contributed by atoms with Crippen LogP contribution >= 0.6 is 0 Å². The Hall–Kier alpha value is -1.65. The fourth-order valence-electron chi connectivity index (χ4n) is 9.81. The summed E-state index contributed by atoms with van der Waals surface area (Å²) < 4.78 is 5.92. The van der Waals surface area contributed by atoms with Crippen molar-refractivity contribution in [1.82, 2.24) is 0 Å². The van der Waals surface area contributed by atoms with Gasteiger partial charge in [0, 0.05) is 25.2 Å². The molecule has 0 saturated heterocycles. The van der Waals surface area contributed by atoms with E-state index in [0.717, 1.165) is 62.7 Å². The largest absolute Gasteiger partial charge is 0.481 e. The molecule has 1 N–H and O–H groups in total. The van der Waals surface area contributed by atoms with Crippen LogP contribution in [0.2, 0.25) is 0 Å². The van der Waals surface area contributed by atoms with Crippen LogP contribution in [0.3, 0.4) is 0 Å². The van der Waals surface area contributed by atoms with Crippen molar-refractivity contribution < 1.29 is 24.2 Å². The number of allylic oxidation sites excluding steroid dienone is 1. The summed E-state index contributed by atoms with van der Waals surface area (Å²) in [7, 11) is 0. The second-order valence-electron chi connectivity index (χ2n) is 15.3. The Balaban J connectivity index is 1.31. The lowest BCUT2D eigenvalue weighted by Crippen LogP contribution is -2.53. The molecule has 0 aromatic rings. The molecule has 0 spiro atoms. The number of carbonyl (C=O) groups is 3. The number of carbonyl (C=O) groups excluding carboxylic acids is 2. The second kappa shape index (κ2) is 13.8. The number of ether oxygens (including phenoxy) is 1. The van der Waals surface area contributed by atoms with Gasteiger partial charge >= 0.3 is 11.9 Å². The van der Waals surface area contributed by atoms with Crippen molar-refractivity contribution in [3.8, 4) is 0 Å². The van der Waals surface area contributed by atoms with Gasteiger partial charge in [0.05, 0.1) is 0 Å². The average molecular weight is 571 g/mol. The van der Waals surface area contributed by atoms with E-state index in [1.54, 1.807) is 0 Å². The van der Waals surface area contributed by atoms with Gasteiger partial charge in [-0.3, -0.25) is 14.4 Å². The van der Waals surface area contributed by atoms with Gasteiger partial charge in [0.25, 0.3) is 0 Å². The van der Waals surface area contributed by atoms with Crippen molar-refractivity contribution in [3.63, 3.8) is 0 Å². The summed E-state index contributed by atoms with van der Waals surface area (Å²) in [5.41, 5.74) is 1.59. The molecule has 0 aromatic heterocycles. The molecular weight excluding hydrogens is 512 g/mol. The first-order valence-corrected chi connectivity index (χ1v) is 17.1. The van der Waals surface area contributed by atoms with Gasteiger partial charge in [0.2, 0.25) is 0 Å². The van der Waals surface area contributed by atoms with Crippen molar-refractivity contribution in [2.45, 2.75) is 150 Å². The molecule has 3 saturated carbocycles. The fourth-order valence-corrected chi connectivity index (χ4v) is 9.81. The topological polar surface area (TPSA) is 80.7 Å². The van der Waals surface area contributed by atoms with E-state index in [1.165, 1.54) is 44.1 Å². The molecular formula is C36H58O5. The lowest BCUT2D eigenvalue weighted by atomic mass is 9.46. The smallest absolute Gasteiger partial charge is 0.306 e. The highest BCUT2D eigenvalue weighted by atomic mass is 16.5. The Kier molecular flexibility index (Phi) is 10.8. The molecule has 3 fully saturated rings. The van der Waals surface area contributed by atoms with Gasteiger partial charge in [-0.25, -0.2) is 0 Å². The quantitative estimate of drug-likeness (QED) is 0.167. The van der Waals surface area contributed by atoms with Gasteiger partial charge in [0.15, 0.2) is 5.78 Å². The lowest BCUT2D eigenvalue weighted by Gasteiger charge is -2.57. The molecule has 41 heavy (non-hydrogen) atoms. The molecule has 0 aromatic carbocycles. The first-order chi connectivity index (χ1) is 19.5. The zero-order valence-corrected chi connectivity index (χ0v) is 26.7. The van der Waals surface area contributed by atoms with Crippen LogP contribution in [-0.2, 0) is 19.1 Å². The normalized spacial score (nSPS) is 35.3. The van der Waals surface area contributed by atoms with E-state index >= 15 is 0 Å². The first kappa shape index (κ1) is 32.3. The molecule has 0 heterocycles. The lowest BCUT2D eigenvalue weighted by molar-refractivity contribution is -0.152. The third kappa shape index (κ3) is 7.29. The third-order valence-corrected chi connectivity index (χ3v) is 12.2. The predicted octanol–water partition coefficient (Wildman–Crippen LogP) is 8.93. The Bertz CT molecular complexity index is 967. The van der Waals surface area contributed by atoms with Crippen LogP contribution in [0.15, 0.2) is 11.6 Å². The van der Waals surface area contributed by atoms with E-state index in [-0.39, 0.29) is 29.8 Å². The highest BCUT2D eigenvalue weighted by molar-refractivity contribution is 5.94. The van der Waals surface area contributed by atoms with Crippen LogP contribution < -0.4 is 0 Å². The molecule has 4 rings (SSSR count). The van der Waals surface area contributed by atoms with Gasteiger partial charge < -0.3 is 9.84 Å². The summed E-state index contributed by atoms with van der Waals surface area (Å²) in [4.78, 5) is 37.0. The minimum Gasteiger partial charge on any atom is -0.481 e. The molecule has 5 heteroatoms. The summed E-state index contributed by atoms with van der Waals surface area (Å²) in [5, 5.41) is 8.73. The maximum atomic E-state index is 13.8. The maximum absolute atomic E-state index is 13.8. The van der Waals surface area contributed by atoms with Gasteiger partial charge in [-0.05, 0) is 97.9 Å². The molecule has 1 unspecified atom stereocenters. The van der Waals surface area contributed by atoms with Gasteiger partial charge in [-0.2, -0.15) is 0 Å². The molecule has 5 nitrogen and oxygen atoms in total. The highest BCUT2D eigenvalue weighted by Gasteiger charge is 2.61. The molecule has 4 aliphatic rings. The molecule has 0 aliphatic heterocycles. The summed E-state index contributed by atoms with van der Waals surface area (Å²) in [6.45, 7) is 12.1. The van der Waals surface area contributed by atoms with E-state index in [1.807, 2.05) is 6.08 Å². The maximum Gasteiger partial charge on any atom is 0.306 e. The number of esters is 1. The number of carboxylic acids is 1. The standard InChI is InChI=1S/C36H58O5/c1-24(2)12-11-13-25(3)28-16-17-29-34-30(19-21-36(28,29)5)35(4)20-18-27(22-26(35)23-31(34)37)41-33(40)15-10-8-6-7-9-14-32(38)39/h23-25,27-30,34H,6-22H2,1-5H3,(H,38,39)/t25-,27?,28-,29+,30+,34+,35+,36-/m1/s1. The molecule has 0 bridgehead atoms. The summed E-state index contributed by atoms with van der Waals surface area (Å²) in [6.07, 6.45) is 18.3. The zero-order chi connectivity index (χ0) is 29.8. The van der Waals surface area contributed by atoms with Gasteiger partial charge in [-0.15, -0.1) is 0 Å². The minimum absolute atomic E-state index is 0.0553. The van der Waals surface area contributed by atoms with E-state index in [2.05, 4.69) is 34.6 Å². The van der Waals surface area contributed by atoms with E-state index in [9.17, 15) is 14.4 Å². The Morgan fingerprint density at radius 3 is 2.32 bits per heavy atom. The Morgan fingerprint density at radius 1 is 0.902 bits per heavy atom. The van der Waals surface area contributed by atoms with Crippen molar-refractivity contribution in [2.75, 3.05) is 0 Å². The van der Waals surface area contributed by atoms with Gasteiger partial charge in [-0.1, -0.05) is 78.7 Å². The van der Waals surface area contributed by atoms with Crippen LogP contribution in [0.4, 0.5) is 0 Å². The Labute approximate surface area is 249 Å². The molecule has 8 atom stereocenters. The molecule has 0 radical (unpaired) electrons. The second-order valence-corrected chi connectivity index (χ2v) is 15.3. The van der Waals surface area contributed by atoms with Crippen LogP contribution in [-0.4, -0.2) is 28.9 Å². The summed E-state index contributed by atoms with van der Waals surface area (Å²) in [6, 6.07) is 0. The van der Waals surface area contributed by atoms with Gasteiger partial charge in [0.1, 0.15) is 6.10 Å². The van der Waals surface area contributed by atoms with Crippen LogP contribution in [0.1, 0.15) is 144 Å². The summed E-state index contributed by atoms with van der Waals surface area (Å²) in [5.74, 6) is 2.87. The fraction of sp³-hybridized carbons (Fsp3) is 0.861. The van der Waals surface area contributed by atoms with Crippen LogP contribution in [0, 0.1) is 46.3 Å². The number of ketones is 1. The molecule has 232 valence electrons. The average Bonchev–Trinajstić information content (AvgIpc) is 3.25. The van der Waals surface area contributed by atoms with Crippen LogP contribution in [0.25, 0.3) is 0 Å². The van der Waals surface area contributed by atoms with Crippen molar-refractivity contribution in [1.29, 1.82) is 0 Å². The zero-order valence-electron chi connectivity index (χ0n) is 26.7. The van der Waals surface area contributed by atoms with E-state index in [4.69, 9.17) is 9.84 Å². The van der Waals surface area contributed by atoms with Crippen molar-refractivity contribution in [3.05, 3.63) is 11.6 Å². The SMILES string of the molecule is CC(C)CCC[C@@H](C)[C@H]1CC[C@H]2[C@@H]3C(=O)C=C4CC(OC(=O)CCCCCCCC(=O)O)CC[C@]4(C)[C@H]3CC[C@]12C. The van der Waals surface area contributed by atoms with Crippen molar-refractivity contribution >= 4 is 17.7 Å². The number of rotatable bonds is 14. The Morgan fingerprint density at radius 2 is 1.61 bits per heavy atom. The number of carboxylic acid groups (broad SMARTS) is 1. The minimum atomic E-state index is -0.742. The number of aliphatic carboxylic acids is 1. The monoisotopic (exact) mass is 570 g/mol. The molecule has 4 aliphatic carbocycles. The number of unbranched alkanes of at least 4 members (excludes halogenated alkanes) is 4. The third-order valence-electron chi connectivity index (χ3n) is 12.2. The molecule has 0 amide bonds. The first-order valence-electron chi connectivity index (χ1n) is 17.1. The predicted molar refractivity (Wildman–Crippen MR) is 163 cm³/mol. The van der Waals surface area contributed by atoms with Crippen LogP contribution in [0.5, 0.6) is 0 Å². The number of fused-ring (bicyclic) bond motifs is 5. The van der Waals surface area contributed by atoms with Crippen molar-refractivity contribution in [2.24, 2.45) is 46.3 Å². The number of hydrogen-bond donors (Lipinski definition) is 1. The highest BCUT2D eigenvalue weighted by Crippen LogP contribution is 2.66. The number of hydrogen-bond acceptors (Lipinski definition) is 4.